The van der Waals surface area contributed by atoms with Gasteiger partial charge in [-0.15, -0.1) is 0 Å². The number of nitrogens with zero attached hydrogens (tertiary/aromatic N) is 5. The molecule has 0 amide bonds. The zero-order chi connectivity index (χ0) is 17.9. The quantitative estimate of drug-likeness (QED) is 0.737. The van der Waals surface area contributed by atoms with Crippen LogP contribution in [0.2, 0.25) is 0 Å². The van der Waals surface area contributed by atoms with E-state index < -0.39 is 0 Å². The van der Waals surface area contributed by atoms with Crippen molar-refractivity contribution >= 4 is 22.4 Å². The molecule has 0 bridgehead atoms. The molecule has 1 fully saturated rings. The fraction of sp³-hybridized carbons (Fsp3) is 0.278. The lowest BCUT2D eigenvalue weighted by Crippen LogP contribution is -2.47. The van der Waals surface area contributed by atoms with Gasteiger partial charge in [-0.3, -0.25) is 4.98 Å². The van der Waals surface area contributed by atoms with Crippen molar-refractivity contribution in [1.29, 1.82) is 0 Å². The number of pyridine rings is 1. The van der Waals surface area contributed by atoms with Gasteiger partial charge in [0.15, 0.2) is 11.6 Å². The molecule has 134 valence electrons. The Bertz CT molecular complexity index is 904. The molecule has 8 nitrogen and oxygen atoms in total. The Morgan fingerprint density at radius 3 is 2.69 bits per heavy atom. The van der Waals surface area contributed by atoms with Crippen LogP contribution in [-0.4, -0.2) is 58.1 Å². The molecule has 0 spiro atoms. The number of aromatic nitrogens is 3. The fourth-order valence-corrected chi connectivity index (χ4v) is 2.88. The summed E-state index contributed by atoms with van der Waals surface area (Å²) in [5.41, 5.74) is 10.7. The molecule has 0 saturated carbocycles. The first-order chi connectivity index (χ1) is 12.7. The van der Waals surface area contributed by atoms with Gasteiger partial charge in [-0.05, 0) is 19.2 Å². The van der Waals surface area contributed by atoms with E-state index in [2.05, 4.69) is 37.3 Å². The van der Waals surface area contributed by atoms with Crippen molar-refractivity contribution in [3.05, 3.63) is 42.9 Å². The number of anilines is 2. The molecule has 26 heavy (non-hydrogen) atoms. The summed E-state index contributed by atoms with van der Waals surface area (Å²) in [6, 6.07) is 9.63. The summed E-state index contributed by atoms with van der Waals surface area (Å²) in [4.78, 5) is 15.1. The largest absolute Gasteiger partial charge is 0.435 e. The van der Waals surface area contributed by atoms with Crippen LogP contribution >= 0.6 is 0 Å². The minimum atomic E-state index is 0.315. The van der Waals surface area contributed by atoms with Crippen molar-refractivity contribution in [2.45, 2.75) is 0 Å². The van der Waals surface area contributed by atoms with Gasteiger partial charge in [-0.25, -0.2) is 9.99 Å². The van der Waals surface area contributed by atoms with Gasteiger partial charge in [0.25, 0.3) is 0 Å². The van der Waals surface area contributed by atoms with Crippen LogP contribution in [0.5, 0.6) is 11.6 Å². The number of nitrogens with two attached hydrogens (primary N) is 1. The average molecular weight is 351 g/mol. The first-order valence-electron chi connectivity index (χ1n) is 8.53. The molecule has 0 unspecified atom stereocenters. The molecular weight excluding hydrogens is 330 g/mol. The highest BCUT2D eigenvalue weighted by Crippen LogP contribution is 2.32. The van der Waals surface area contributed by atoms with E-state index in [0.717, 1.165) is 37.1 Å². The predicted molar refractivity (Wildman–Crippen MR) is 101 cm³/mol. The Labute approximate surface area is 151 Å². The van der Waals surface area contributed by atoms with Crippen LogP contribution in [0, 0.1) is 0 Å². The number of rotatable bonds is 4. The molecule has 0 aliphatic carbocycles. The molecule has 3 N–H and O–H groups in total. The molecule has 0 atom stereocenters. The molecular formula is C18H21N7O. The molecule has 4 rings (SSSR count). The number of likely N-dealkylation sites (N-methyl/N-ethyl adjacent to an activating group) is 1. The van der Waals surface area contributed by atoms with E-state index in [9.17, 15) is 0 Å². The Kier molecular flexibility index (Phi) is 4.51. The second-order valence-electron chi connectivity index (χ2n) is 6.28. The lowest BCUT2D eigenvalue weighted by molar-refractivity contribution is 0.178. The van der Waals surface area contributed by atoms with E-state index in [4.69, 9.17) is 10.5 Å². The molecule has 0 radical (unpaired) electrons. The molecule has 1 aliphatic rings. The number of hydrazine groups is 1. The van der Waals surface area contributed by atoms with Gasteiger partial charge < -0.3 is 20.8 Å². The lowest BCUT2D eigenvalue weighted by atomic mass is 10.2. The maximum absolute atomic E-state index is 6.25. The SMILES string of the molecule is CN1CCN(Nc2ncnc(Oc3cccc4cccnc34)c2N)CC1. The fourth-order valence-electron chi connectivity index (χ4n) is 2.88. The van der Waals surface area contributed by atoms with Gasteiger partial charge in [-0.1, -0.05) is 18.2 Å². The van der Waals surface area contributed by atoms with Crippen LogP contribution in [0.25, 0.3) is 10.9 Å². The average Bonchev–Trinajstić information content (AvgIpc) is 2.67. The van der Waals surface area contributed by atoms with Gasteiger partial charge in [0.1, 0.15) is 17.5 Å². The molecule has 3 aromatic rings. The number of hydrogen-bond donors (Lipinski definition) is 2. The Morgan fingerprint density at radius 1 is 1.04 bits per heavy atom. The monoisotopic (exact) mass is 351 g/mol. The van der Waals surface area contributed by atoms with Crippen molar-refractivity contribution in [2.75, 3.05) is 44.4 Å². The van der Waals surface area contributed by atoms with Crippen LogP contribution in [0.1, 0.15) is 0 Å². The van der Waals surface area contributed by atoms with E-state index in [0.29, 0.717) is 23.1 Å². The van der Waals surface area contributed by atoms with Crippen LogP contribution < -0.4 is 15.9 Å². The number of fused-ring (bicyclic) bond motifs is 1. The summed E-state index contributed by atoms with van der Waals surface area (Å²) in [6.07, 6.45) is 3.18. The number of benzene rings is 1. The molecule has 1 saturated heterocycles. The Hall–Kier alpha value is -2.97. The number of ether oxygens (including phenoxy) is 1. The van der Waals surface area contributed by atoms with Gasteiger partial charge in [0, 0.05) is 37.8 Å². The third-order valence-electron chi connectivity index (χ3n) is 4.42. The summed E-state index contributed by atoms with van der Waals surface area (Å²) in [5.74, 6) is 1.47. The standard InChI is InChI=1S/C18H21N7O/c1-24-8-10-25(11-9-24)23-17-15(19)18(22-12-21-17)26-14-6-2-4-13-5-3-7-20-16(13)14/h2-7,12H,8-11,19H2,1H3,(H,21,22,23). The predicted octanol–water partition coefficient (Wildman–Crippen LogP) is 1.97. The first-order valence-corrected chi connectivity index (χ1v) is 8.53. The summed E-state index contributed by atoms with van der Waals surface area (Å²) in [5, 5.41) is 3.09. The van der Waals surface area contributed by atoms with E-state index in [1.807, 2.05) is 30.3 Å². The highest BCUT2D eigenvalue weighted by atomic mass is 16.5. The molecule has 3 heterocycles. The smallest absolute Gasteiger partial charge is 0.248 e. The minimum absolute atomic E-state index is 0.315. The number of hydrogen-bond acceptors (Lipinski definition) is 8. The third kappa shape index (κ3) is 3.37. The van der Waals surface area contributed by atoms with Gasteiger partial charge >= 0.3 is 0 Å². The number of para-hydroxylation sites is 1. The number of piperazine rings is 1. The van der Waals surface area contributed by atoms with Crippen molar-refractivity contribution < 1.29 is 4.74 Å². The number of nitrogens with one attached hydrogen (secondary N) is 1. The molecule has 2 aromatic heterocycles. The van der Waals surface area contributed by atoms with Crippen LogP contribution in [0.4, 0.5) is 11.5 Å². The lowest BCUT2D eigenvalue weighted by Gasteiger charge is -2.32. The van der Waals surface area contributed by atoms with Crippen molar-refractivity contribution in [3.63, 3.8) is 0 Å². The topological polar surface area (TPSA) is 92.4 Å². The van der Waals surface area contributed by atoms with Crippen molar-refractivity contribution in [2.24, 2.45) is 0 Å². The van der Waals surface area contributed by atoms with E-state index in [-0.39, 0.29) is 0 Å². The van der Waals surface area contributed by atoms with Crippen LogP contribution in [0.15, 0.2) is 42.9 Å². The highest BCUT2D eigenvalue weighted by molar-refractivity contribution is 5.84. The Balaban J connectivity index is 1.57. The van der Waals surface area contributed by atoms with Gasteiger partial charge in [-0.2, -0.15) is 4.98 Å². The molecule has 1 aliphatic heterocycles. The summed E-state index contributed by atoms with van der Waals surface area (Å²) in [7, 11) is 2.11. The van der Waals surface area contributed by atoms with Crippen LogP contribution in [0.3, 0.4) is 0 Å². The molecule has 8 heteroatoms. The normalized spacial score (nSPS) is 15.9. The van der Waals surface area contributed by atoms with E-state index in [1.165, 1.54) is 6.33 Å². The van der Waals surface area contributed by atoms with Gasteiger partial charge in [0.2, 0.25) is 5.88 Å². The minimum Gasteiger partial charge on any atom is -0.435 e. The Morgan fingerprint density at radius 2 is 1.85 bits per heavy atom. The zero-order valence-corrected chi connectivity index (χ0v) is 14.6. The maximum Gasteiger partial charge on any atom is 0.248 e. The van der Waals surface area contributed by atoms with E-state index in [1.54, 1.807) is 6.20 Å². The van der Waals surface area contributed by atoms with Crippen molar-refractivity contribution in [1.82, 2.24) is 24.9 Å². The summed E-state index contributed by atoms with van der Waals surface area (Å²) >= 11 is 0. The third-order valence-corrected chi connectivity index (χ3v) is 4.42. The first kappa shape index (κ1) is 16.5. The zero-order valence-electron chi connectivity index (χ0n) is 14.6. The van der Waals surface area contributed by atoms with E-state index >= 15 is 0 Å². The second kappa shape index (κ2) is 7.11. The van der Waals surface area contributed by atoms with Gasteiger partial charge in [0.05, 0.1) is 0 Å². The van der Waals surface area contributed by atoms with Crippen molar-refractivity contribution in [3.8, 4) is 11.6 Å². The number of nitrogen functional groups attached to an aromatic ring is 1. The maximum atomic E-state index is 6.25. The summed E-state index contributed by atoms with van der Waals surface area (Å²) in [6.45, 7) is 3.76. The van der Waals surface area contributed by atoms with Crippen LogP contribution in [-0.2, 0) is 0 Å². The second-order valence-corrected chi connectivity index (χ2v) is 6.28. The highest BCUT2D eigenvalue weighted by Gasteiger charge is 2.17. The summed E-state index contributed by atoms with van der Waals surface area (Å²) < 4.78 is 5.96. The molecule has 1 aromatic carbocycles.